The number of carboxylic acid groups (broad SMARTS) is 1. The van der Waals surface area contributed by atoms with Gasteiger partial charge in [0, 0.05) is 6.42 Å². The molecule has 0 spiro atoms. The van der Waals surface area contributed by atoms with Gasteiger partial charge in [0.1, 0.15) is 5.75 Å². The van der Waals surface area contributed by atoms with Crippen LogP contribution in [0.25, 0.3) is 11.1 Å². The van der Waals surface area contributed by atoms with Crippen molar-refractivity contribution < 1.29 is 19.4 Å². The van der Waals surface area contributed by atoms with Crippen LogP contribution in [0.2, 0.25) is 0 Å². The molecule has 1 fully saturated rings. The number of hydrogen-bond acceptors (Lipinski definition) is 3. The van der Waals surface area contributed by atoms with E-state index in [1.165, 1.54) is 5.56 Å². The summed E-state index contributed by atoms with van der Waals surface area (Å²) >= 11 is 0. The van der Waals surface area contributed by atoms with E-state index in [0.717, 1.165) is 44.1 Å². The molecule has 0 amide bonds. The Bertz CT molecular complexity index is 730. The van der Waals surface area contributed by atoms with Crippen molar-refractivity contribution in [3.8, 4) is 16.9 Å². The Hall–Kier alpha value is -2.33. The van der Waals surface area contributed by atoms with Crippen molar-refractivity contribution >= 4 is 5.97 Å². The third-order valence-corrected chi connectivity index (χ3v) is 4.71. The Balaban J connectivity index is 1.85. The molecule has 0 bridgehead atoms. The fraction of sp³-hybridized carbons (Fsp3) is 0.409. The van der Waals surface area contributed by atoms with Crippen molar-refractivity contribution in [1.29, 1.82) is 0 Å². The monoisotopic (exact) mass is 354 g/mol. The summed E-state index contributed by atoms with van der Waals surface area (Å²) in [5.74, 6) is -0.289. The van der Waals surface area contributed by atoms with E-state index in [9.17, 15) is 9.90 Å². The average Bonchev–Trinajstić information content (AvgIpc) is 2.67. The zero-order valence-electron chi connectivity index (χ0n) is 15.2. The highest BCUT2D eigenvalue weighted by Gasteiger charge is 2.18. The minimum atomic E-state index is -0.935. The van der Waals surface area contributed by atoms with Crippen LogP contribution in [0, 0.1) is 0 Å². The first-order chi connectivity index (χ1) is 12.7. The van der Waals surface area contributed by atoms with Gasteiger partial charge in [-0.15, -0.1) is 0 Å². The van der Waals surface area contributed by atoms with E-state index in [-0.39, 0.29) is 11.9 Å². The molecule has 1 aliphatic rings. The molecule has 1 N–H and O–H groups in total. The molecule has 4 heteroatoms. The van der Waals surface area contributed by atoms with Gasteiger partial charge in [-0.25, -0.2) is 4.79 Å². The molecule has 4 nitrogen and oxygen atoms in total. The van der Waals surface area contributed by atoms with Crippen molar-refractivity contribution in [1.82, 2.24) is 0 Å². The molecule has 1 atom stereocenters. The van der Waals surface area contributed by atoms with E-state index >= 15 is 0 Å². The van der Waals surface area contributed by atoms with Crippen LogP contribution in [0.5, 0.6) is 5.75 Å². The number of rotatable bonds is 7. The second-order valence-corrected chi connectivity index (χ2v) is 6.73. The van der Waals surface area contributed by atoms with Crippen molar-refractivity contribution in [3.05, 3.63) is 53.6 Å². The first-order valence-corrected chi connectivity index (χ1v) is 9.42. The van der Waals surface area contributed by atoms with E-state index in [1.807, 2.05) is 18.2 Å². The Morgan fingerprint density at radius 2 is 2.00 bits per heavy atom. The molecule has 0 aliphatic carbocycles. The summed E-state index contributed by atoms with van der Waals surface area (Å²) in [7, 11) is 0. The molecule has 2 aromatic carbocycles. The lowest BCUT2D eigenvalue weighted by Gasteiger charge is -2.24. The maximum atomic E-state index is 11.6. The summed E-state index contributed by atoms with van der Waals surface area (Å²) in [5, 5.41) is 9.54. The van der Waals surface area contributed by atoms with Crippen LogP contribution in [0.15, 0.2) is 42.5 Å². The second kappa shape index (κ2) is 8.86. The molecule has 0 saturated carbocycles. The Kier molecular flexibility index (Phi) is 6.29. The highest BCUT2D eigenvalue weighted by Crippen LogP contribution is 2.30. The normalized spacial score (nSPS) is 17.0. The number of aromatic carboxylic acids is 1. The van der Waals surface area contributed by atoms with Crippen molar-refractivity contribution in [2.24, 2.45) is 0 Å². The molecule has 1 heterocycles. The lowest BCUT2D eigenvalue weighted by molar-refractivity contribution is -0.105. The second-order valence-electron chi connectivity index (χ2n) is 6.73. The van der Waals surface area contributed by atoms with E-state index in [4.69, 9.17) is 9.47 Å². The molecule has 0 aromatic heterocycles. The summed E-state index contributed by atoms with van der Waals surface area (Å²) in [6.07, 6.45) is 6.13. The third-order valence-electron chi connectivity index (χ3n) is 4.71. The smallest absolute Gasteiger partial charge is 0.336 e. The quantitative estimate of drug-likeness (QED) is 0.733. The van der Waals surface area contributed by atoms with Crippen molar-refractivity contribution in [2.75, 3.05) is 6.61 Å². The minimum absolute atomic E-state index is 0.247. The largest absolute Gasteiger partial charge is 0.478 e. The van der Waals surface area contributed by atoms with Gasteiger partial charge in [0.15, 0.2) is 6.29 Å². The molecule has 1 aliphatic heterocycles. The van der Waals surface area contributed by atoms with Gasteiger partial charge in [0.05, 0.1) is 12.2 Å². The number of benzene rings is 2. The van der Waals surface area contributed by atoms with Gasteiger partial charge in [-0.1, -0.05) is 37.6 Å². The summed E-state index contributed by atoms with van der Waals surface area (Å²) in [6.45, 7) is 2.89. The zero-order valence-corrected chi connectivity index (χ0v) is 15.2. The van der Waals surface area contributed by atoms with Gasteiger partial charge in [0.25, 0.3) is 0 Å². The standard InChI is InChI=1S/C22H26O4/c1-2-3-6-16-8-10-17(11-9-16)20-15-18(12-13-19(20)22(23)24)26-21-7-4-5-14-25-21/h8-13,15,21H,2-7,14H2,1H3,(H,23,24). The maximum absolute atomic E-state index is 11.6. The predicted octanol–water partition coefficient (Wildman–Crippen LogP) is 5.30. The third kappa shape index (κ3) is 4.64. The molecule has 26 heavy (non-hydrogen) atoms. The molecule has 138 valence electrons. The van der Waals surface area contributed by atoms with Crippen LogP contribution in [-0.4, -0.2) is 24.0 Å². The number of carbonyl (C=O) groups is 1. The number of ether oxygens (including phenoxy) is 2. The predicted molar refractivity (Wildman–Crippen MR) is 102 cm³/mol. The Morgan fingerprint density at radius 1 is 1.19 bits per heavy atom. The minimum Gasteiger partial charge on any atom is -0.478 e. The number of aryl methyl sites for hydroxylation is 1. The molecular weight excluding hydrogens is 328 g/mol. The number of carboxylic acids is 1. The topological polar surface area (TPSA) is 55.8 Å². The van der Waals surface area contributed by atoms with Gasteiger partial charge in [-0.3, -0.25) is 0 Å². The van der Waals surface area contributed by atoms with Gasteiger partial charge in [-0.2, -0.15) is 0 Å². The SMILES string of the molecule is CCCCc1ccc(-c2cc(OC3CCCCO3)ccc2C(=O)O)cc1. The number of unbranched alkanes of at least 4 members (excludes halogenated alkanes) is 1. The lowest BCUT2D eigenvalue weighted by Crippen LogP contribution is -2.25. The highest BCUT2D eigenvalue weighted by molar-refractivity contribution is 5.96. The average molecular weight is 354 g/mol. The summed E-state index contributed by atoms with van der Waals surface area (Å²) in [6, 6.07) is 13.3. The summed E-state index contributed by atoms with van der Waals surface area (Å²) in [4.78, 5) is 11.6. The van der Waals surface area contributed by atoms with Crippen LogP contribution in [-0.2, 0) is 11.2 Å². The van der Waals surface area contributed by atoms with Crippen LogP contribution >= 0.6 is 0 Å². The van der Waals surface area contributed by atoms with Crippen LogP contribution in [0.1, 0.15) is 54.9 Å². The van der Waals surface area contributed by atoms with Gasteiger partial charge in [0.2, 0.25) is 0 Å². The molecule has 3 rings (SSSR count). The van der Waals surface area contributed by atoms with Crippen LogP contribution in [0.3, 0.4) is 0 Å². The molecule has 0 radical (unpaired) electrons. The Morgan fingerprint density at radius 3 is 2.65 bits per heavy atom. The van der Waals surface area contributed by atoms with Gasteiger partial charge < -0.3 is 14.6 Å². The van der Waals surface area contributed by atoms with Crippen LogP contribution in [0.4, 0.5) is 0 Å². The van der Waals surface area contributed by atoms with E-state index in [2.05, 4.69) is 19.1 Å². The fourth-order valence-corrected chi connectivity index (χ4v) is 3.21. The van der Waals surface area contributed by atoms with Crippen molar-refractivity contribution in [3.63, 3.8) is 0 Å². The van der Waals surface area contributed by atoms with E-state index < -0.39 is 5.97 Å². The zero-order chi connectivity index (χ0) is 18.4. The summed E-state index contributed by atoms with van der Waals surface area (Å²) in [5.41, 5.74) is 3.12. The lowest BCUT2D eigenvalue weighted by atomic mass is 9.97. The van der Waals surface area contributed by atoms with E-state index in [1.54, 1.807) is 12.1 Å². The van der Waals surface area contributed by atoms with Gasteiger partial charge in [-0.05, 0) is 60.6 Å². The molecule has 1 saturated heterocycles. The van der Waals surface area contributed by atoms with Gasteiger partial charge >= 0.3 is 5.97 Å². The van der Waals surface area contributed by atoms with E-state index in [0.29, 0.717) is 17.9 Å². The molecule has 1 unspecified atom stereocenters. The summed E-state index contributed by atoms with van der Waals surface area (Å²) < 4.78 is 11.5. The van der Waals surface area contributed by atoms with Crippen molar-refractivity contribution in [2.45, 2.75) is 51.7 Å². The highest BCUT2D eigenvalue weighted by atomic mass is 16.7. The molecular formula is C22H26O4. The first-order valence-electron chi connectivity index (χ1n) is 9.42. The molecule has 2 aromatic rings. The Labute approximate surface area is 154 Å². The fourth-order valence-electron chi connectivity index (χ4n) is 3.21. The number of hydrogen-bond donors (Lipinski definition) is 1. The maximum Gasteiger partial charge on any atom is 0.336 e. The first kappa shape index (κ1) is 18.5. The van der Waals surface area contributed by atoms with Crippen LogP contribution < -0.4 is 4.74 Å².